The molecule has 21 heavy (non-hydrogen) atoms. The summed E-state index contributed by atoms with van der Waals surface area (Å²) in [4.78, 5) is 4.43. The molecule has 0 unspecified atom stereocenters. The van der Waals surface area contributed by atoms with Gasteiger partial charge in [-0.15, -0.1) is 0 Å². The van der Waals surface area contributed by atoms with Gasteiger partial charge in [0.05, 0.1) is 12.7 Å². The average molecular weight is 284 g/mol. The topological polar surface area (TPSA) is 45.4 Å². The van der Waals surface area contributed by atoms with E-state index in [9.17, 15) is 0 Å². The molecule has 3 nitrogen and oxygen atoms in total. The lowest BCUT2D eigenvalue weighted by Gasteiger charge is -2.18. The summed E-state index contributed by atoms with van der Waals surface area (Å²) in [7, 11) is 0. The fraction of sp³-hybridized carbons (Fsp3) is 0.556. The highest BCUT2D eigenvalue weighted by molar-refractivity contribution is 6.01. The molecule has 0 N–H and O–H groups in total. The molecule has 0 bridgehead atoms. The summed E-state index contributed by atoms with van der Waals surface area (Å²) >= 11 is 0. The van der Waals surface area contributed by atoms with Gasteiger partial charge in [-0.1, -0.05) is 26.0 Å². The van der Waals surface area contributed by atoms with E-state index in [-0.39, 0.29) is 0 Å². The van der Waals surface area contributed by atoms with Crippen molar-refractivity contribution >= 4 is 5.71 Å². The summed E-state index contributed by atoms with van der Waals surface area (Å²) < 4.78 is 5.72. The molecule has 0 fully saturated rings. The fourth-order valence-electron chi connectivity index (χ4n) is 2.43. The largest absolute Gasteiger partial charge is 0.377 e. The monoisotopic (exact) mass is 284 g/mol. The van der Waals surface area contributed by atoms with E-state index in [2.05, 4.69) is 37.1 Å². The van der Waals surface area contributed by atoms with Crippen LogP contribution in [-0.2, 0) is 4.74 Å². The van der Waals surface area contributed by atoms with E-state index >= 15 is 0 Å². The Balaban J connectivity index is 1.85. The molecule has 0 spiro atoms. The van der Waals surface area contributed by atoms with Crippen LogP contribution in [0.3, 0.4) is 0 Å². The minimum absolute atomic E-state index is 0.701. The Morgan fingerprint density at radius 1 is 1.24 bits per heavy atom. The second kappa shape index (κ2) is 7.95. The lowest BCUT2D eigenvalue weighted by molar-refractivity contribution is 0.142. The van der Waals surface area contributed by atoms with E-state index in [0.717, 1.165) is 56.6 Å². The van der Waals surface area contributed by atoms with Crippen molar-refractivity contribution in [2.24, 2.45) is 10.9 Å². The quantitative estimate of drug-likeness (QED) is 0.681. The van der Waals surface area contributed by atoms with Crippen molar-refractivity contribution in [2.75, 3.05) is 13.2 Å². The first-order valence-electron chi connectivity index (χ1n) is 7.81. The zero-order valence-corrected chi connectivity index (χ0v) is 13.1. The minimum Gasteiger partial charge on any atom is -0.377 e. The molecule has 0 aromatic heterocycles. The number of nitriles is 1. The first-order chi connectivity index (χ1) is 10.2. The fourth-order valence-corrected chi connectivity index (χ4v) is 2.43. The first-order valence-corrected chi connectivity index (χ1v) is 7.81. The number of ether oxygens (including phenoxy) is 1. The van der Waals surface area contributed by atoms with Crippen molar-refractivity contribution in [3.8, 4) is 6.07 Å². The highest BCUT2D eigenvalue weighted by Gasteiger charge is 2.14. The van der Waals surface area contributed by atoms with Gasteiger partial charge < -0.3 is 4.74 Å². The summed E-state index contributed by atoms with van der Waals surface area (Å²) in [6.45, 7) is 6.03. The zero-order chi connectivity index (χ0) is 15.1. The van der Waals surface area contributed by atoms with Crippen LogP contribution in [0.5, 0.6) is 0 Å². The molecular formula is C18H24N2O. The predicted octanol–water partition coefficient (Wildman–Crippen LogP) is 4.34. The number of nitrogens with zero attached hydrogens (tertiary/aromatic N) is 2. The van der Waals surface area contributed by atoms with E-state index in [4.69, 9.17) is 10.00 Å². The molecule has 1 aliphatic carbocycles. The minimum atomic E-state index is 0.701. The van der Waals surface area contributed by atoms with Crippen LogP contribution in [0.4, 0.5) is 0 Å². The summed E-state index contributed by atoms with van der Waals surface area (Å²) in [6, 6.07) is 2.18. The molecule has 2 rings (SSSR count). The molecular weight excluding hydrogens is 260 g/mol. The number of allylic oxidation sites excluding steroid dienone is 4. The second-order valence-corrected chi connectivity index (χ2v) is 6.09. The molecule has 3 heteroatoms. The maximum atomic E-state index is 8.83. The molecule has 0 amide bonds. The van der Waals surface area contributed by atoms with Gasteiger partial charge in [-0.05, 0) is 49.2 Å². The van der Waals surface area contributed by atoms with Gasteiger partial charge in [0, 0.05) is 24.1 Å². The molecule has 0 atom stereocenters. The van der Waals surface area contributed by atoms with E-state index in [1.807, 2.05) is 0 Å². The van der Waals surface area contributed by atoms with Crippen molar-refractivity contribution in [1.29, 1.82) is 5.26 Å². The number of aliphatic imine (C=N–C) groups is 1. The van der Waals surface area contributed by atoms with Gasteiger partial charge in [0.2, 0.25) is 0 Å². The Morgan fingerprint density at radius 3 is 2.67 bits per heavy atom. The van der Waals surface area contributed by atoms with Crippen LogP contribution >= 0.6 is 0 Å². The third-order valence-corrected chi connectivity index (χ3v) is 3.88. The molecule has 112 valence electrons. The molecule has 0 aromatic carbocycles. The summed E-state index contributed by atoms with van der Waals surface area (Å²) in [6.07, 6.45) is 11.0. The smallest absolute Gasteiger partial charge is 0.0963 e. The van der Waals surface area contributed by atoms with Crippen molar-refractivity contribution in [3.63, 3.8) is 0 Å². The van der Waals surface area contributed by atoms with Gasteiger partial charge in [0.1, 0.15) is 0 Å². The van der Waals surface area contributed by atoms with E-state index in [1.165, 1.54) is 11.1 Å². The maximum absolute atomic E-state index is 8.83. The normalized spacial score (nSPS) is 18.6. The third kappa shape index (κ3) is 4.99. The second-order valence-electron chi connectivity index (χ2n) is 6.09. The van der Waals surface area contributed by atoms with Crippen molar-refractivity contribution in [2.45, 2.75) is 46.0 Å². The van der Waals surface area contributed by atoms with E-state index in [0.29, 0.717) is 5.92 Å². The lowest BCUT2D eigenvalue weighted by atomic mass is 9.92. The Kier molecular flexibility index (Phi) is 5.95. The third-order valence-electron chi connectivity index (χ3n) is 3.88. The number of rotatable bonds is 6. The predicted molar refractivity (Wildman–Crippen MR) is 86.0 cm³/mol. The van der Waals surface area contributed by atoms with Gasteiger partial charge in [0.15, 0.2) is 0 Å². The van der Waals surface area contributed by atoms with Crippen LogP contribution < -0.4 is 0 Å². The van der Waals surface area contributed by atoms with Crippen LogP contribution in [0.25, 0.3) is 0 Å². The van der Waals surface area contributed by atoms with E-state index in [1.54, 1.807) is 6.20 Å². The zero-order valence-electron chi connectivity index (χ0n) is 13.1. The van der Waals surface area contributed by atoms with Gasteiger partial charge in [0.25, 0.3) is 0 Å². The number of hydrogen-bond donors (Lipinski definition) is 0. The van der Waals surface area contributed by atoms with Crippen LogP contribution in [-0.4, -0.2) is 18.9 Å². The van der Waals surface area contributed by atoms with Crippen molar-refractivity contribution in [1.82, 2.24) is 0 Å². The van der Waals surface area contributed by atoms with Crippen LogP contribution in [0, 0.1) is 17.2 Å². The van der Waals surface area contributed by atoms with Crippen LogP contribution in [0.2, 0.25) is 0 Å². The van der Waals surface area contributed by atoms with Gasteiger partial charge in [-0.25, -0.2) is 0 Å². The molecule has 0 saturated heterocycles. The average Bonchev–Trinajstić information content (AvgIpc) is 2.52. The molecule has 1 heterocycles. The van der Waals surface area contributed by atoms with E-state index < -0.39 is 0 Å². The molecule has 1 aliphatic heterocycles. The van der Waals surface area contributed by atoms with Gasteiger partial charge in [-0.3, -0.25) is 4.99 Å². The Morgan fingerprint density at radius 2 is 2.10 bits per heavy atom. The molecule has 2 aliphatic rings. The van der Waals surface area contributed by atoms with Crippen LogP contribution in [0.1, 0.15) is 46.0 Å². The SMILES string of the molecule is CC(C)CCOCC1=CC=C(C2=NC=C(C#N)CC2)CC1. The summed E-state index contributed by atoms with van der Waals surface area (Å²) in [5.74, 6) is 0.701. The van der Waals surface area contributed by atoms with Gasteiger partial charge in [-0.2, -0.15) is 5.26 Å². The first kappa shape index (κ1) is 15.7. The summed E-state index contributed by atoms with van der Waals surface area (Å²) in [5.41, 5.74) is 4.61. The maximum Gasteiger partial charge on any atom is 0.0963 e. The molecule has 0 radical (unpaired) electrons. The Bertz CT molecular complexity index is 530. The Hall–Kier alpha value is -1.66. The summed E-state index contributed by atoms with van der Waals surface area (Å²) in [5, 5.41) is 8.83. The lowest BCUT2D eigenvalue weighted by Crippen LogP contribution is -2.11. The molecule has 0 saturated carbocycles. The van der Waals surface area contributed by atoms with Crippen molar-refractivity contribution in [3.05, 3.63) is 35.1 Å². The highest BCUT2D eigenvalue weighted by Crippen LogP contribution is 2.24. The standard InChI is InChI=1S/C18H24N2O/c1-14(2)9-10-21-13-15-3-6-17(7-4-15)18-8-5-16(11-19)12-20-18/h3,6,12,14H,4-5,7-10,13H2,1-2H3. The number of hydrogen-bond acceptors (Lipinski definition) is 3. The van der Waals surface area contributed by atoms with Gasteiger partial charge >= 0.3 is 0 Å². The van der Waals surface area contributed by atoms with Crippen LogP contribution in [0.15, 0.2) is 40.1 Å². The highest BCUT2D eigenvalue weighted by atomic mass is 16.5. The molecule has 0 aromatic rings. The van der Waals surface area contributed by atoms with Crippen molar-refractivity contribution < 1.29 is 4.74 Å². The Labute approximate surface area is 127 Å².